The van der Waals surface area contributed by atoms with Crippen molar-refractivity contribution in [2.75, 3.05) is 13.3 Å². The van der Waals surface area contributed by atoms with Gasteiger partial charge in [-0.2, -0.15) is 0 Å². The van der Waals surface area contributed by atoms with Crippen molar-refractivity contribution < 1.29 is 0 Å². The van der Waals surface area contributed by atoms with Gasteiger partial charge in [0.2, 0.25) is 0 Å². The number of nitrogens with zero attached hydrogens (tertiary/aromatic N) is 1. The lowest BCUT2D eigenvalue weighted by atomic mass is 10.1. The SMILES string of the molecule is CCc1ccc(N=C(NC)SC)c(Cl)c1. The van der Waals surface area contributed by atoms with Crippen molar-refractivity contribution in [2.24, 2.45) is 4.99 Å². The Morgan fingerprint density at radius 2 is 2.27 bits per heavy atom. The molecule has 0 amide bonds. The summed E-state index contributed by atoms with van der Waals surface area (Å²) in [6.07, 6.45) is 2.97. The highest BCUT2D eigenvalue weighted by atomic mass is 35.5. The lowest BCUT2D eigenvalue weighted by molar-refractivity contribution is 1.14. The molecule has 1 aromatic rings. The van der Waals surface area contributed by atoms with Gasteiger partial charge < -0.3 is 5.32 Å². The van der Waals surface area contributed by atoms with Crippen LogP contribution in [-0.4, -0.2) is 18.5 Å². The number of aryl methyl sites for hydroxylation is 1. The number of rotatable bonds is 2. The molecule has 0 aliphatic rings. The van der Waals surface area contributed by atoms with E-state index in [1.54, 1.807) is 11.8 Å². The number of benzene rings is 1. The first-order valence-electron chi connectivity index (χ1n) is 4.80. The van der Waals surface area contributed by atoms with Crippen LogP contribution in [0, 0.1) is 0 Å². The van der Waals surface area contributed by atoms with Crippen LogP contribution in [0.3, 0.4) is 0 Å². The van der Waals surface area contributed by atoms with Crippen LogP contribution >= 0.6 is 23.4 Å². The minimum absolute atomic E-state index is 0.705. The molecule has 4 heteroatoms. The number of amidine groups is 1. The van der Waals surface area contributed by atoms with Gasteiger partial charge in [-0.1, -0.05) is 36.4 Å². The summed E-state index contributed by atoms with van der Waals surface area (Å²) in [4.78, 5) is 4.41. The molecule has 0 heterocycles. The third kappa shape index (κ3) is 3.43. The smallest absolute Gasteiger partial charge is 0.161 e. The number of nitrogens with one attached hydrogen (secondary N) is 1. The van der Waals surface area contributed by atoms with Gasteiger partial charge in [0.25, 0.3) is 0 Å². The third-order valence-corrected chi connectivity index (χ3v) is 3.03. The lowest BCUT2D eigenvalue weighted by Crippen LogP contribution is -2.12. The lowest BCUT2D eigenvalue weighted by Gasteiger charge is -2.04. The Bertz CT molecular complexity index is 358. The molecule has 0 bridgehead atoms. The maximum atomic E-state index is 6.12. The van der Waals surface area contributed by atoms with Gasteiger partial charge in [-0.15, -0.1) is 0 Å². The Kier molecular flexibility index (Phi) is 4.99. The van der Waals surface area contributed by atoms with Gasteiger partial charge >= 0.3 is 0 Å². The van der Waals surface area contributed by atoms with E-state index in [4.69, 9.17) is 11.6 Å². The summed E-state index contributed by atoms with van der Waals surface area (Å²) in [5.41, 5.74) is 2.04. The van der Waals surface area contributed by atoms with E-state index in [1.165, 1.54) is 5.56 Å². The fourth-order valence-corrected chi connectivity index (χ4v) is 1.81. The fourth-order valence-electron chi connectivity index (χ4n) is 1.17. The van der Waals surface area contributed by atoms with Gasteiger partial charge in [0.05, 0.1) is 10.7 Å². The molecule has 0 aromatic heterocycles. The van der Waals surface area contributed by atoms with Crippen LogP contribution in [0.5, 0.6) is 0 Å². The minimum atomic E-state index is 0.705. The second-order valence-corrected chi connectivity index (χ2v) is 4.21. The normalized spacial score (nSPS) is 11.6. The topological polar surface area (TPSA) is 24.4 Å². The molecule has 0 spiro atoms. The van der Waals surface area contributed by atoms with E-state index >= 15 is 0 Å². The molecule has 0 aliphatic heterocycles. The van der Waals surface area contributed by atoms with Crippen LogP contribution in [0.15, 0.2) is 23.2 Å². The number of hydrogen-bond donors (Lipinski definition) is 1. The molecular formula is C11H15ClN2S. The average Bonchev–Trinajstić information content (AvgIpc) is 2.27. The van der Waals surface area contributed by atoms with Crippen molar-refractivity contribution >= 4 is 34.2 Å². The van der Waals surface area contributed by atoms with E-state index in [2.05, 4.69) is 23.3 Å². The molecule has 1 aromatic carbocycles. The molecule has 0 unspecified atom stereocenters. The Morgan fingerprint density at radius 1 is 1.53 bits per heavy atom. The van der Waals surface area contributed by atoms with E-state index < -0.39 is 0 Å². The summed E-state index contributed by atoms with van der Waals surface area (Å²) in [5.74, 6) is 0. The molecule has 0 atom stereocenters. The Hall–Kier alpha value is -0.670. The standard InChI is InChI=1S/C11H15ClN2S/c1-4-8-5-6-10(9(12)7-8)14-11(13-2)15-3/h5-7H,4H2,1-3H3,(H,13,14). The van der Waals surface area contributed by atoms with Gasteiger partial charge in [0, 0.05) is 7.05 Å². The highest BCUT2D eigenvalue weighted by Gasteiger charge is 2.01. The molecule has 0 saturated carbocycles. The molecule has 2 nitrogen and oxygen atoms in total. The molecule has 0 aliphatic carbocycles. The van der Waals surface area contributed by atoms with E-state index in [1.807, 2.05) is 25.4 Å². The first kappa shape index (κ1) is 12.4. The summed E-state index contributed by atoms with van der Waals surface area (Å²) < 4.78 is 0. The summed E-state index contributed by atoms with van der Waals surface area (Å²) in [7, 11) is 1.85. The van der Waals surface area contributed by atoms with Crippen LogP contribution in [0.4, 0.5) is 5.69 Å². The maximum absolute atomic E-state index is 6.12. The van der Waals surface area contributed by atoms with Gasteiger partial charge in [-0.25, -0.2) is 4.99 Å². The zero-order valence-electron chi connectivity index (χ0n) is 9.17. The van der Waals surface area contributed by atoms with Crippen molar-refractivity contribution in [3.8, 4) is 0 Å². The Labute approximate surface area is 100 Å². The van der Waals surface area contributed by atoms with Crippen molar-refractivity contribution in [1.82, 2.24) is 5.32 Å². The predicted octanol–water partition coefficient (Wildman–Crippen LogP) is 3.47. The maximum Gasteiger partial charge on any atom is 0.161 e. The highest BCUT2D eigenvalue weighted by Crippen LogP contribution is 2.26. The van der Waals surface area contributed by atoms with Gasteiger partial charge in [0.1, 0.15) is 0 Å². The molecule has 15 heavy (non-hydrogen) atoms. The van der Waals surface area contributed by atoms with Crippen molar-refractivity contribution in [1.29, 1.82) is 0 Å². The fraction of sp³-hybridized carbons (Fsp3) is 0.364. The zero-order chi connectivity index (χ0) is 11.3. The van der Waals surface area contributed by atoms with Gasteiger partial charge in [-0.05, 0) is 30.4 Å². The predicted molar refractivity (Wildman–Crippen MR) is 70.5 cm³/mol. The second-order valence-electron chi connectivity index (χ2n) is 3.01. The zero-order valence-corrected chi connectivity index (χ0v) is 10.7. The van der Waals surface area contributed by atoms with Crippen LogP contribution in [0.25, 0.3) is 0 Å². The highest BCUT2D eigenvalue weighted by molar-refractivity contribution is 8.13. The summed E-state index contributed by atoms with van der Waals surface area (Å²) in [6, 6.07) is 5.97. The van der Waals surface area contributed by atoms with Crippen molar-refractivity contribution in [3.05, 3.63) is 28.8 Å². The van der Waals surface area contributed by atoms with Crippen LogP contribution in [0.2, 0.25) is 5.02 Å². The molecule has 1 N–H and O–H groups in total. The van der Waals surface area contributed by atoms with Crippen LogP contribution < -0.4 is 5.32 Å². The second kappa shape index (κ2) is 6.03. The number of thioether (sulfide) groups is 1. The number of aliphatic imine (C=N–C) groups is 1. The van der Waals surface area contributed by atoms with E-state index in [0.717, 1.165) is 17.3 Å². The van der Waals surface area contributed by atoms with Gasteiger partial charge in [-0.3, -0.25) is 0 Å². The first-order chi connectivity index (χ1) is 7.21. The summed E-state index contributed by atoms with van der Waals surface area (Å²) in [6.45, 7) is 2.11. The molecule has 0 radical (unpaired) electrons. The van der Waals surface area contributed by atoms with E-state index in [9.17, 15) is 0 Å². The third-order valence-electron chi connectivity index (χ3n) is 2.05. The molecule has 0 fully saturated rings. The van der Waals surface area contributed by atoms with Crippen molar-refractivity contribution in [2.45, 2.75) is 13.3 Å². The monoisotopic (exact) mass is 242 g/mol. The average molecular weight is 243 g/mol. The largest absolute Gasteiger partial charge is 0.368 e. The quantitative estimate of drug-likeness (QED) is 0.634. The summed E-state index contributed by atoms with van der Waals surface area (Å²) in [5, 5.41) is 4.58. The molecule has 82 valence electrons. The van der Waals surface area contributed by atoms with Crippen LogP contribution in [-0.2, 0) is 6.42 Å². The molecular weight excluding hydrogens is 228 g/mol. The van der Waals surface area contributed by atoms with Gasteiger partial charge in [0.15, 0.2) is 5.17 Å². The van der Waals surface area contributed by atoms with Crippen molar-refractivity contribution in [3.63, 3.8) is 0 Å². The van der Waals surface area contributed by atoms with Crippen LogP contribution in [0.1, 0.15) is 12.5 Å². The minimum Gasteiger partial charge on any atom is -0.368 e. The molecule has 1 rings (SSSR count). The number of hydrogen-bond acceptors (Lipinski definition) is 2. The number of halogens is 1. The first-order valence-corrected chi connectivity index (χ1v) is 6.40. The Morgan fingerprint density at radius 3 is 2.73 bits per heavy atom. The Balaban J connectivity index is 3.00. The van der Waals surface area contributed by atoms with E-state index in [0.29, 0.717) is 5.02 Å². The van der Waals surface area contributed by atoms with E-state index in [-0.39, 0.29) is 0 Å². The molecule has 0 saturated heterocycles. The summed E-state index contributed by atoms with van der Waals surface area (Å²) >= 11 is 7.69.